The molecule has 13 atom stereocenters. The Morgan fingerprint density at radius 2 is 0.949 bits per heavy atom. The molecule has 12 fully saturated rings. The Kier molecular flexibility index (Phi) is 28.3. The van der Waals surface area contributed by atoms with Crippen molar-refractivity contribution in [2.24, 2.45) is 68.6 Å². The number of piperidine rings is 7. The van der Waals surface area contributed by atoms with E-state index in [1.165, 1.54) is 60.9 Å². The van der Waals surface area contributed by atoms with Crippen LogP contribution >= 0.6 is 0 Å². The average molecular weight is 1630 g/mol. The van der Waals surface area contributed by atoms with Crippen molar-refractivity contribution in [2.45, 2.75) is 313 Å². The smallest absolute Gasteiger partial charge is 0.411 e. The molecule has 5 amide bonds. The van der Waals surface area contributed by atoms with Crippen molar-refractivity contribution in [1.29, 1.82) is 0 Å². The number of ketones is 3. The summed E-state index contributed by atoms with van der Waals surface area (Å²) in [5, 5.41) is 32.7. The number of carboxylic acids is 2. The van der Waals surface area contributed by atoms with Gasteiger partial charge in [0.15, 0.2) is 28.7 Å². The lowest BCUT2D eigenvalue weighted by atomic mass is 9.70. The van der Waals surface area contributed by atoms with Crippen LogP contribution in [0.3, 0.4) is 0 Å². The summed E-state index contributed by atoms with van der Waals surface area (Å²) in [7, 11) is 0. The van der Waals surface area contributed by atoms with E-state index in [2.05, 4.69) is 80.7 Å². The topological polar surface area (TPSA) is 375 Å². The number of hydrogen-bond acceptors (Lipinski definition) is 19. The minimum atomic E-state index is -1.02. The minimum absolute atomic E-state index is 0. The van der Waals surface area contributed by atoms with Gasteiger partial charge in [-0.15, -0.1) is 0 Å². The van der Waals surface area contributed by atoms with Crippen LogP contribution in [0.1, 0.15) is 258 Å². The van der Waals surface area contributed by atoms with Crippen LogP contribution in [-0.4, -0.2) is 230 Å². The summed E-state index contributed by atoms with van der Waals surface area (Å²) < 4.78 is 13.6. The van der Waals surface area contributed by atoms with Gasteiger partial charge in [-0.1, -0.05) is 93.5 Å². The number of nitrogens with zero attached hydrogens (tertiary/aromatic N) is 10. The molecule has 5 saturated carbocycles. The van der Waals surface area contributed by atoms with Gasteiger partial charge in [0.05, 0.1) is 42.2 Å². The van der Waals surface area contributed by atoms with Crippen molar-refractivity contribution in [3.63, 3.8) is 0 Å². The number of aryl methyl sites for hydroxylation is 2. The zero-order valence-corrected chi connectivity index (χ0v) is 72.0. The first kappa shape index (κ1) is 91.4. The number of Topliss-reactive ketones (excluding diaryl/α,β-unsaturated/α-hetero) is 3. The van der Waals surface area contributed by atoms with Gasteiger partial charge in [0.25, 0.3) is 11.8 Å². The van der Waals surface area contributed by atoms with Gasteiger partial charge < -0.3 is 41.4 Å². The van der Waals surface area contributed by atoms with E-state index in [9.17, 15) is 47.9 Å². The number of rotatable bonds is 16. The van der Waals surface area contributed by atoms with Crippen LogP contribution in [0, 0.1) is 65.1 Å². The predicted molar refractivity (Wildman–Crippen MR) is 448 cm³/mol. The molecule has 9 heterocycles. The number of ether oxygens (including phenoxy) is 2. The van der Waals surface area contributed by atoms with Gasteiger partial charge in [-0.05, 0) is 252 Å². The number of likely N-dealkylation sites (tertiary alicyclic amines) is 5. The van der Waals surface area contributed by atoms with Crippen molar-refractivity contribution in [3.05, 3.63) is 58.9 Å². The number of fused-ring (bicyclic) bond motifs is 6. The number of nitrogens with two attached hydrogens (primary N) is 3. The number of hydrazine groups is 1. The molecule has 28 nitrogen and oxygen atoms in total. The molecule has 12 aliphatic rings. The van der Waals surface area contributed by atoms with Crippen LogP contribution in [-0.2, 0) is 51.3 Å². The van der Waals surface area contributed by atoms with Crippen LogP contribution in [0.25, 0.3) is 21.8 Å². The molecule has 7 aliphatic heterocycles. The van der Waals surface area contributed by atoms with Gasteiger partial charge in [-0.25, -0.2) is 19.4 Å². The largest absolute Gasteiger partial charge is 0.480 e. The van der Waals surface area contributed by atoms with Crippen molar-refractivity contribution < 1.29 is 67.6 Å². The third kappa shape index (κ3) is 24.2. The maximum absolute atomic E-state index is 13.5. The highest BCUT2D eigenvalue weighted by Crippen LogP contribution is 2.52. The van der Waals surface area contributed by atoms with Gasteiger partial charge in [-0.3, -0.25) is 68.4 Å². The lowest BCUT2D eigenvalue weighted by Gasteiger charge is -2.38. The predicted octanol–water partition coefficient (Wildman–Crippen LogP) is 11.7. The molecule has 16 rings (SSSR count). The lowest BCUT2D eigenvalue weighted by Crippen LogP contribution is -2.50. The molecule has 648 valence electrons. The fraction of sp³-hybridized carbons (Fsp3) is 0.730. The first-order valence-electron chi connectivity index (χ1n) is 42.7. The first-order chi connectivity index (χ1) is 54.1. The maximum Gasteiger partial charge on any atom is 0.411 e. The zero-order chi connectivity index (χ0) is 84.8. The number of carboxylic acid groups (broad SMARTS) is 2. The first-order valence-corrected chi connectivity index (χ1v) is 42.7. The van der Waals surface area contributed by atoms with Crippen molar-refractivity contribution in [2.75, 3.05) is 52.4 Å². The number of benzene rings is 2. The van der Waals surface area contributed by atoms with E-state index < -0.39 is 47.1 Å². The Morgan fingerprint density at radius 1 is 0.513 bits per heavy atom. The second-order valence-electron chi connectivity index (χ2n) is 41.0. The molecule has 0 bridgehead atoms. The lowest BCUT2D eigenvalue weighted by molar-refractivity contribution is -0.142. The Hall–Kier alpha value is -7.92. The van der Waals surface area contributed by atoms with Crippen LogP contribution in [0.4, 0.5) is 9.59 Å². The molecule has 4 aromatic rings. The third-order valence-corrected chi connectivity index (χ3v) is 25.4. The van der Waals surface area contributed by atoms with E-state index in [0.717, 1.165) is 120 Å². The molecule has 7 saturated heterocycles. The van der Waals surface area contributed by atoms with E-state index >= 15 is 0 Å². The Balaban J connectivity index is 0.000000154. The minimum Gasteiger partial charge on any atom is -0.480 e. The van der Waals surface area contributed by atoms with Gasteiger partial charge in [0, 0.05) is 67.5 Å². The Bertz CT molecular complexity index is 4310. The molecule has 1 unspecified atom stereocenters. The Labute approximate surface area is 692 Å². The second-order valence-corrected chi connectivity index (χ2v) is 41.0. The highest BCUT2D eigenvalue weighted by Gasteiger charge is 2.60. The van der Waals surface area contributed by atoms with E-state index in [1.54, 1.807) is 42.5 Å². The van der Waals surface area contributed by atoms with Crippen LogP contribution < -0.4 is 22.6 Å². The van der Waals surface area contributed by atoms with Crippen molar-refractivity contribution >= 4 is 81.0 Å². The fourth-order valence-corrected chi connectivity index (χ4v) is 19.7. The van der Waals surface area contributed by atoms with E-state index in [4.69, 9.17) is 37.0 Å². The molecule has 28 heteroatoms. The summed E-state index contributed by atoms with van der Waals surface area (Å²) in [6.45, 7) is 40.2. The monoisotopic (exact) mass is 1630 g/mol. The summed E-state index contributed by atoms with van der Waals surface area (Å²) in [5.74, 6) is 5.72. The van der Waals surface area contributed by atoms with E-state index in [-0.39, 0.29) is 97.1 Å². The molecule has 2 aromatic carbocycles. The molecule has 2 aromatic heterocycles. The summed E-state index contributed by atoms with van der Waals surface area (Å²) in [6.07, 6.45) is 19.3. The van der Waals surface area contributed by atoms with Gasteiger partial charge in [0.1, 0.15) is 30.3 Å². The highest BCUT2D eigenvalue weighted by atomic mass is 16.6. The van der Waals surface area contributed by atoms with E-state index in [1.807, 2.05) is 68.8 Å². The number of aromatic nitrogens is 4. The Morgan fingerprint density at radius 3 is 1.37 bits per heavy atom. The number of carbonyl (C=O) groups excluding carboxylic acids is 8. The third-order valence-electron chi connectivity index (χ3n) is 25.4. The number of nitrogens with one attached hydrogen (secondary N) is 1. The second kappa shape index (κ2) is 36.2. The maximum atomic E-state index is 13.5. The molecular formula is C89H138N14O14. The molecule has 0 radical (unpaired) electrons. The highest BCUT2D eigenvalue weighted by molar-refractivity contribution is 6.05. The molecular weight excluding hydrogens is 1490 g/mol. The number of carbonyl (C=O) groups is 10. The SMILES string of the molecule is C.CC(C)(C)OC(=O)N1[C@@H]2C[C@@H]2C[C@H]1C(=O)O.CC1(C)CCCN(CC(=O)[C@@H]2C[C@H]3C[C@H]3N2)C1.CC1(C)CCCN(CC(=O)[C@@H]2C[C@H]3C[C@H]3N2C(=O)OC(C)(C)C)C1.CC1(C)CCCN(N)C1.Cc1ccc2c(C(N)=O)nn(CC(=O)N3[C@@H]4C[C@@H]4C[C@H]3C(=O)CC3CCCC(C)(C)C3)c2c1.Cc1ccc2c(C(N)=O)nn(CC(=O)O)c2c1. The van der Waals surface area contributed by atoms with Crippen molar-refractivity contribution in [3.8, 4) is 0 Å². The summed E-state index contributed by atoms with van der Waals surface area (Å²) in [6, 6.07) is 11.0. The summed E-state index contributed by atoms with van der Waals surface area (Å²) >= 11 is 0. The number of aliphatic carboxylic acids is 2. The van der Waals surface area contributed by atoms with Gasteiger partial charge in [0.2, 0.25) is 5.91 Å². The zero-order valence-electron chi connectivity index (χ0n) is 72.0. The van der Waals surface area contributed by atoms with Crippen LogP contribution in [0.2, 0.25) is 0 Å². The summed E-state index contributed by atoms with van der Waals surface area (Å²) in [5.41, 5.74) is 14.6. The average Bonchev–Trinajstić information content (AvgIpc) is 1.59. The van der Waals surface area contributed by atoms with Crippen molar-refractivity contribution in [1.82, 2.24) is 54.4 Å². The fourth-order valence-electron chi connectivity index (χ4n) is 19.7. The molecule has 117 heavy (non-hydrogen) atoms. The van der Waals surface area contributed by atoms with Gasteiger partial charge >= 0.3 is 24.1 Å². The standard InChI is InChI=1S/C26H34N4O3.C19H32N2O3.C14H24N2O.C11H11N3O3.C11H17NO4.C7H16N2.CH4/c1-15-6-7-18-20(9-15)29(28-24(18)25(27)33)14-23(32)30-19-11-17(19)12-21(30)22(31)10-16-5-4-8-26(2,3)13-16;1-18(2,3)24-17(23)21-14-9-13(14)10-15(21)16(22)11-20-8-6-7-19(4,5)12-20;1-14(2)4-3-5-16(9-14)8-13(17)12-7-10-6-11(10)15-12;1-6-2-3-7-8(4-6)14(5-9(15)16)13-10(7)11(12)17;1-11(2,3)16-10(15)12-7-4-6(7)5-8(12)9(13)14;1-7(2)4-3-5-9(8)6-7;/h6-7,9,16-17,19,21H,4-5,8,10-14H2,1-3H3,(H2,27,33);13-15H,6-12H2,1-5H3;10-12,15H,3-9H2,1-2H3;2-4H,5H2,1H3,(H2,12,17)(H,15,16);6-8H,4-5H2,1-3H3,(H,13,14);3-6,8H2,1-2H3;1H4/t16?,17-,19-,21+;13-,14-,15+;10-,11-,12+;;6-,7-,8+;;/m111.1../s1. The molecule has 0 spiro atoms. The number of amides is 5. The number of hydrogen-bond donors (Lipinski definition) is 6. The number of primary amides is 2. The van der Waals surface area contributed by atoms with Gasteiger partial charge in [-0.2, -0.15) is 10.2 Å². The molecule has 9 N–H and O–H groups in total. The molecule has 5 aliphatic carbocycles. The van der Waals surface area contributed by atoms with Crippen LogP contribution in [0.15, 0.2) is 36.4 Å². The van der Waals surface area contributed by atoms with Crippen LogP contribution in [0.5, 0.6) is 0 Å². The normalized spacial score (nSPS) is 28.5. The van der Waals surface area contributed by atoms with E-state index in [0.29, 0.717) is 94.0 Å². The summed E-state index contributed by atoms with van der Waals surface area (Å²) in [4.78, 5) is 131. The quantitative estimate of drug-likeness (QED) is 0.0567.